The number of carbonyl (C=O) groups excluding carboxylic acids is 1. The maximum Gasteiger partial charge on any atom is 0.341 e. The maximum absolute atomic E-state index is 12.3. The predicted molar refractivity (Wildman–Crippen MR) is 90.8 cm³/mol. The predicted octanol–water partition coefficient (Wildman–Crippen LogP) is 3.22. The first-order valence-electron chi connectivity index (χ1n) is 7.87. The summed E-state index contributed by atoms with van der Waals surface area (Å²) in [5.74, 6) is -0.399. The van der Waals surface area contributed by atoms with Crippen LogP contribution in [0.4, 0.5) is 5.69 Å². The first kappa shape index (κ1) is 16.9. The van der Waals surface area contributed by atoms with Crippen molar-refractivity contribution in [1.29, 1.82) is 0 Å². The van der Waals surface area contributed by atoms with Crippen LogP contribution in [0.2, 0.25) is 0 Å². The standard InChI is InChI=1S/C16H23N5O2/c1-5-7-8-23-16(22)13-9-17-15-12(10-18-21(15)6-2)14(13)20-19-11(3)4/h9-10H,5-8H2,1-4H3,(H,17,20). The van der Waals surface area contributed by atoms with Crippen LogP contribution >= 0.6 is 0 Å². The number of unbranched alkanes of at least 4 members (excludes halogenated alkanes) is 1. The Morgan fingerprint density at radius 2 is 2.13 bits per heavy atom. The Morgan fingerprint density at radius 1 is 1.35 bits per heavy atom. The molecule has 124 valence electrons. The summed E-state index contributed by atoms with van der Waals surface area (Å²) >= 11 is 0. The molecule has 0 saturated heterocycles. The second-order valence-corrected chi connectivity index (χ2v) is 5.40. The lowest BCUT2D eigenvalue weighted by Crippen LogP contribution is -2.11. The van der Waals surface area contributed by atoms with Crippen molar-refractivity contribution in [3.05, 3.63) is 18.0 Å². The molecule has 2 aromatic rings. The van der Waals surface area contributed by atoms with Crippen molar-refractivity contribution in [2.45, 2.75) is 47.1 Å². The van der Waals surface area contributed by atoms with Crippen LogP contribution < -0.4 is 5.43 Å². The summed E-state index contributed by atoms with van der Waals surface area (Å²) in [5.41, 5.74) is 5.47. The molecule has 0 amide bonds. The molecule has 0 aromatic carbocycles. The molecule has 23 heavy (non-hydrogen) atoms. The van der Waals surface area contributed by atoms with Crippen LogP contribution in [0.1, 0.15) is 50.9 Å². The van der Waals surface area contributed by atoms with E-state index in [-0.39, 0.29) is 0 Å². The maximum atomic E-state index is 12.3. The van der Waals surface area contributed by atoms with Crippen LogP contribution in [0.25, 0.3) is 11.0 Å². The molecule has 0 saturated carbocycles. The highest BCUT2D eigenvalue weighted by atomic mass is 16.5. The van der Waals surface area contributed by atoms with Crippen molar-refractivity contribution in [1.82, 2.24) is 14.8 Å². The summed E-state index contributed by atoms with van der Waals surface area (Å²) in [6, 6.07) is 0. The minimum absolute atomic E-state index is 0.370. The highest BCUT2D eigenvalue weighted by molar-refractivity contribution is 6.04. The normalized spacial score (nSPS) is 10.6. The molecule has 2 rings (SSSR count). The van der Waals surface area contributed by atoms with Crippen molar-refractivity contribution in [2.24, 2.45) is 5.10 Å². The van der Waals surface area contributed by atoms with Gasteiger partial charge >= 0.3 is 5.97 Å². The van der Waals surface area contributed by atoms with Crippen LogP contribution in [0, 0.1) is 0 Å². The number of hydrazone groups is 1. The number of hydrogen-bond donors (Lipinski definition) is 1. The van der Waals surface area contributed by atoms with Gasteiger partial charge in [0, 0.05) is 18.5 Å². The monoisotopic (exact) mass is 317 g/mol. The molecule has 0 unspecified atom stereocenters. The van der Waals surface area contributed by atoms with Gasteiger partial charge in [-0.3, -0.25) is 5.43 Å². The molecule has 0 aliphatic heterocycles. The van der Waals surface area contributed by atoms with Crippen LogP contribution in [0.5, 0.6) is 0 Å². The third-order valence-corrected chi connectivity index (χ3v) is 3.31. The number of ether oxygens (including phenoxy) is 1. The number of aryl methyl sites for hydroxylation is 1. The summed E-state index contributed by atoms with van der Waals surface area (Å²) in [4.78, 5) is 16.7. The van der Waals surface area contributed by atoms with Crippen LogP contribution in [-0.4, -0.2) is 33.1 Å². The van der Waals surface area contributed by atoms with Gasteiger partial charge in [0.1, 0.15) is 5.56 Å². The molecule has 0 spiro atoms. The van der Waals surface area contributed by atoms with Gasteiger partial charge in [0.25, 0.3) is 0 Å². The van der Waals surface area contributed by atoms with Gasteiger partial charge in [0.15, 0.2) is 5.65 Å². The zero-order valence-corrected chi connectivity index (χ0v) is 14.1. The van der Waals surface area contributed by atoms with E-state index in [9.17, 15) is 4.79 Å². The molecule has 0 aliphatic rings. The number of hydrogen-bond acceptors (Lipinski definition) is 6. The second kappa shape index (κ2) is 7.71. The second-order valence-electron chi connectivity index (χ2n) is 5.40. The molecule has 0 fully saturated rings. The van der Waals surface area contributed by atoms with Gasteiger partial charge in [-0.25, -0.2) is 14.5 Å². The Balaban J connectivity index is 2.44. The number of anilines is 1. The van der Waals surface area contributed by atoms with Crippen LogP contribution in [-0.2, 0) is 11.3 Å². The highest BCUT2D eigenvalue weighted by Crippen LogP contribution is 2.26. The Hall–Kier alpha value is -2.44. The Labute approximate surface area is 135 Å². The van der Waals surface area contributed by atoms with E-state index in [4.69, 9.17) is 4.74 Å². The average Bonchev–Trinajstić information content (AvgIpc) is 2.95. The average molecular weight is 317 g/mol. The first-order valence-corrected chi connectivity index (χ1v) is 7.87. The number of carbonyl (C=O) groups is 1. The number of nitrogens with zero attached hydrogens (tertiary/aromatic N) is 4. The van der Waals surface area contributed by atoms with Gasteiger partial charge in [0.2, 0.25) is 0 Å². The summed E-state index contributed by atoms with van der Waals surface area (Å²) in [6.45, 7) is 8.89. The molecular formula is C16H23N5O2. The summed E-state index contributed by atoms with van der Waals surface area (Å²) < 4.78 is 7.08. The number of pyridine rings is 1. The fourth-order valence-electron chi connectivity index (χ4n) is 2.09. The summed E-state index contributed by atoms with van der Waals surface area (Å²) in [7, 11) is 0. The molecule has 2 heterocycles. The van der Waals surface area contributed by atoms with E-state index in [1.54, 1.807) is 10.9 Å². The number of nitrogens with one attached hydrogen (secondary N) is 1. The van der Waals surface area contributed by atoms with Crippen LogP contribution in [0.3, 0.4) is 0 Å². The lowest BCUT2D eigenvalue weighted by molar-refractivity contribution is 0.0500. The third-order valence-electron chi connectivity index (χ3n) is 3.31. The molecular weight excluding hydrogens is 294 g/mol. The van der Waals surface area contributed by atoms with E-state index in [1.807, 2.05) is 27.7 Å². The minimum atomic E-state index is -0.399. The lowest BCUT2D eigenvalue weighted by Gasteiger charge is -2.10. The number of esters is 1. The van der Waals surface area contributed by atoms with E-state index < -0.39 is 5.97 Å². The Bertz CT molecular complexity index is 717. The van der Waals surface area contributed by atoms with E-state index in [1.165, 1.54) is 6.20 Å². The van der Waals surface area contributed by atoms with Gasteiger partial charge < -0.3 is 4.74 Å². The Morgan fingerprint density at radius 3 is 2.78 bits per heavy atom. The van der Waals surface area contributed by atoms with Gasteiger partial charge in [0.05, 0.1) is 23.9 Å². The van der Waals surface area contributed by atoms with Crippen LogP contribution in [0.15, 0.2) is 17.5 Å². The zero-order valence-electron chi connectivity index (χ0n) is 14.1. The van der Waals surface area contributed by atoms with E-state index in [0.717, 1.165) is 23.9 Å². The Kier molecular flexibility index (Phi) is 5.67. The molecule has 0 radical (unpaired) electrons. The van der Waals surface area contributed by atoms with Crippen molar-refractivity contribution >= 4 is 28.4 Å². The molecule has 0 bridgehead atoms. The van der Waals surface area contributed by atoms with E-state index >= 15 is 0 Å². The minimum Gasteiger partial charge on any atom is -0.462 e. The van der Waals surface area contributed by atoms with Gasteiger partial charge in [-0.2, -0.15) is 10.2 Å². The molecule has 0 atom stereocenters. The highest BCUT2D eigenvalue weighted by Gasteiger charge is 2.19. The van der Waals surface area contributed by atoms with E-state index in [0.29, 0.717) is 30.0 Å². The largest absolute Gasteiger partial charge is 0.462 e. The van der Waals surface area contributed by atoms with Crippen molar-refractivity contribution in [3.8, 4) is 0 Å². The number of rotatable bonds is 7. The zero-order chi connectivity index (χ0) is 16.8. The van der Waals surface area contributed by atoms with Crippen molar-refractivity contribution in [3.63, 3.8) is 0 Å². The first-order chi connectivity index (χ1) is 11.1. The van der Waals surface area contributed by atoms with Gasteiger partial charge in [-0.1, -0.05) is 13.3 Å². The molecule has 0 aliphatic carbocycles. The smallest absolute Gasteiger partial charge is 0.341 e. The summed E-state index contributed by atoms with van der Waals surface area (Å²) in [5, 5.41) is 9.26. The van der Waals surface area contributed by atoms with Gasteiger partial charge in [-0.05, 0) is 27.2 Å². The summed E-state index contributed by atoms with van der Waals surface area (Å²) in [6.07, 6.45) is 5.02. The molecule has 7 heteroatoms. The lowest BCUT2D eigenvalue weighted by atomic mass is 10.2. The number of aromatic nitrogens is 3. The molecule has 1 N–H and O–H groups in total. The quantitative estimate of drug-likeness (QED) is 0.367. The molecule has 7 nitrogen and oxygen atoms in total. The fourth-order valence-corrected chi connectivity index (χ4v) is 2.09. The van der Waals surface area contributed by atoms with Crippen molar-refractivity contribution < 1.29 is 9.53 Å². The molecule has 2 aromatic heterocycles. The van der Waals surface area contributed by atoms with Gasteiger partial charge in [-0.15, -0.1) is 0 Å². The van der Waals surface area contributed by atoms with E-state index in [2.05, 4.69) is 20.6 Å². The SMILES string of the molecule is CCCCOC(=O)c1cnc2c(cnn2CC)c1NN=C(C)C. The van der Waals surface area contributed by atoms with Crippen molar-refractivity contribution in [2.75, 3.05) is 12.0 Å². The fraction of sp³-hybridized carbons (Fsp3) is 0.500. The topological polar surface area (TPSA) is 81.4 Å². The third kappa shape index (κ3) is 3.85. The number of fused-ring (bicyclic) bond motifs is 1.